The van der Waals surface area contributed by atoms with Gasteiger partial charge in [0.25, 0.3) is 0 Å². The third-order valence-corrected chi connectivity index (χ3v) is 6.94. The third-order valence-electron chi connectivity index (χ3n) is 6.94. The summed E-state index contributed by atoms with van der Waals surface area (Å²) in [5.74, 6) is -0.822. The largest absolute Gasteiger partial charge is 0.478 e. The van der Waals surface area contributed by atoms with E-state index < -0.39 is 11.6 Å². The average molecular weight is 419 g/mol. The van der Waals surface area contributed by atoms with Gasteiger partial charge in [-0.15, -0.1) is 0 Å². The van der Waals surface area contributed by atoms with E-state index in [0.29, 0.717) is 11.5 Å². The van der Waals surface area contributed by atoms with E-state index in [0.717, 1.165) is 44.1 Å². The van der Waals surface area contributed by atoms with Crippen LogP contribution in [0.4, 0.5) is 0 Å². The summed E-state index contributed by atoms with van der Waals surface area (Å²) >= 11 is 0. The SMILES string of the molecule is CCCCC(C)C(C)(C)OC(=O)c1ccc(C(=O)O)cc1C(C)(C)C(C)CCCC. The summed E-state index contributed by atoms with van der Waals surface area (Å²) in [5, 5.41) is 9.51. The van der Waals surface area contributed by atoms with Crippen molar-refractivity contribution in [2.75, 3.05) is 0 Å². The summed E-state index contributed by atoms with van der Waals surface area (Å²) in [7, 11) is 0. The molecule has 1 N–H and O–H groups in total. The minimum atomic E-state index is -0.985. The summed E-state index contributed by atoms with van der Waals surface area (Å²) in [6.45, 7) is 16.7. The van der Waals surface area contributed by atoms with E-state index in [-0.39, 0.29) is 22.9 Å². The number of rotatable bonds is 12. The molecule has 0 amide bonds. The Labute approximate surface area is 183 Å². The summed E-state index contributed by atoms with van der Waals surface area (Å²) in [4.78, 5) is 24.9. The second kappa shape index (κ2) is 11.0. The number of carbonyl (C=O) groups excluding carboxylic acids is 1. The van der Waals surface area contributed by atoms with Gasteiger partial charge in [0.2, 0.25) is 0 Å². The monoisotopic (exact) mass is 418 g/mol. The predicted octanol–water partition coefficient (Wildman–Crippen LogP) is 7.25. The van der Waals surface area contributed by atoms with E-state index in [1.54, 1.807) is 12.1 Å². The molecule has 30 heavy (non-hydrogen) atoms. The molecule has 170 valence electrons. The molecule has 0 heterocycles. The number of carboxylic acid groups (broad SMARTS) is 1. The molecule has 0 saturated carbocycles. The van der Waals surface area contributed by atoms with E-state index in [1.165, 1.54) is 6.07 Å². The number of benzene rings is 1. The Morgan fingerprint density at radius 1 is 0.967 bits per heavy atom. The van der Waals surface area contributed by atoms with E-state index >= 15 is 0 Å². The fraction of sp³-hybridized carbons (Fsp3) is 0.692. The number of ether oxygens (including phenoxy) is 1. The van der Waals surface area contributed by atoms with Crippen molar-refractivity contribution in [1.29, 1.82) is 0 Å². The quantitative estimate of drug-likeness (QED) is 0.363. The molecule has 0 aliphatic heterocycles. The molecule has 4 nitrogen and oxygen atoms in total. The zero-order valence-electron chi connectivity index (χ0n) is 20.3. The minimum Gasteiger partial charge on any atom is -0.478 e. The van der Waals surface area contributed by atoms with Crippen LogP contribution >= 0.6 is 0 Å². The summed E-state index contributed by atoms with van der Waals surface area (Å²) in [6.07, 6.45) is 6.44. The first kappa shape index (κ1) is 26.2. The molecule has 2 unspecified atom stereocenters. The summed E-state index contributed by atoms with van der Waals surface area (Å²) in [5.41, 5.74) is 0.491. The summed E-state index contributed by atoms with van der Waals surface area (Å²) in [6, 6.07) is 4.79. The Morgan fingerprint density at radius 3 is 2.00 bits per heavy atom. The molecule has 0 aliphatic carbocycles. The molecule has 0 bridgehead atoms. The number of hydrogen-bond donors (Lipinski definition) is 1. The van der Waals surface area contributed by atoms with Crippen molar-refractivity contribution in [3.8, 4) is 0 Å². The highest BCUT2D eigenvalue weighted by Gasteiger charge is 2.35. The van der Waals surface area contributed by atoms with Gasteiger partial charge in [-0.2, -0.15) is 0 Å². The van der Waals surface area contributed by atoms with Gasteiger partial charge >= 0.3 is 11.9 Å². The van der Waals surface area contributed by atoms with Gasteiger partial charge in [0, 0.05) is 0 Å². The Kier molecular flexibility index (Phi) is 9.58. The molecular weight excluding hydrogens is 376 g/mol. The topological polar surface area (TPSA) is 63.6 Å². The second-order valence-electron chi connectivity index (χ2n) is 9.87. The smallest absolute Gasteiger partial charge is 0.338 e. The van der Waals surface area contributed by atoms with Crippen molar-refractivity contribution in [2.45, 2.75) is 105 Å². The summed E-state index contributed by atoms with van der Waals surface area (Å²) < 4.78 is 5.99. The van der Waals surface area contributed by atoms with Crippen LogP contribution in [0.2, 0.25) is 0 Å². The van der Waals surface area contributed by atoms with Crippen LogP contribution in [0.5, 0.6) is 0 Å². The maximum atomic E-state index is 13.3. The lowest BCUT2D eigenvalue weighted by Crippen LogP contribution is -2.36. The minimum absolute atomic E-state index is 0.202. The van der Waals surface area contributed by atoms with Gasteiger partial charge in [-0.25, -0.2) is 9.59 Å². The Hall–Kier alpha value is -1.84. The van der Waals surface area contributed by atoms with Gasteiger partial charge in [-0.1, -0.05) is 67.2 Å². The molecule has 1 rings (SSSR count). The first-order valence-corrected chi connectivity index (χ1v) is 11.5. The fourth-order valence-corrected chi connectivity index (χ4v) is 3.78. The molecule has 1 aromatic rings. The number of aromatic carboxylic acids is 1. The Bertz CT molecular complexity index is 718. The third kappa shape index (κ3) is 6.58. The molecule has 0 saturated heterocycles. The van der Waals surface area contributed by atoms with Crippen LogP contribution in [0.3, 0.4) is 0 Å². The van der Waals surface area contributed by atoms with Gasteiger partial charge < -0.3 is 9.84 Å². The first-order valence-electron chi connectivity index (χ1n) is 11.5. The van der Waals surface area contributed by atoms with Crippen molar-refractivity contribution in [1.82, 2.24) is 0 Å². The Balaban J connectivity index is 3.31. The van der Waals surface area contributed by atoms with Crippen molar-refractivity contribution in [3.63, 3.8) is 0 Å². The molecule has 2 atom stereocenters. The Morgan fingerprint density at radius 2 is 1.50 bits per heavy atom. The van der Waals surface area contributed by atoms with E-state index in [1.807, 2.05) is 13.8 Å². The van der Waals surface area contributed by atoms with Gasteiger partial charge in [0.15, 0.2) is 0 Å². The molecule has 0 aromatic heterocycles. The highest BCUT2D eigenvalue weighted by molar-refractivity contribution is 5.95. The predicted molar refractivity (Wildman–Crippen MR) is 123 cm³/mol. The van der Waals surface area contributed by atoms with Crippen molar-refractivity contribution in [3.05, 3.63) is 34.9 Å². The number of hydrogen-bond acceptors (Lipinski definition) is 3. The number of unbranched alkanes of at least 4 members (excludes halogenated alkanes) is 2. The maximum absolute atomic E-state index is 13.3. The number of carboxylic acids is 1. The van der Waals surface area contributed by atoms with Crippen LogP contribution < -0.4 is 0 Å². The van der Waals surface area contributed by atoms with Crippen LogP contribution in [-0.4, -0.2) is 22.6 Å². The zero-order chi connectivity index (χ0) is 23.1. The molecule has 0 fully saturated rings. The maximum Gasteiger partial charge on any atom is 0.338 e. The molecule has 4 heteroatoms. The van der Waals surface area contributed by atoms with E-state index in [9.17, 15) is 14.7 Å². The van der Waals surface area contributed by atoms with Gasteiger partial charge in [0.05, 0.1) is 11.1 Å². The fourth-order valence-electron chi connectivity index (χ4n) is 3.78. The number of carbonyl (C=O) groups is 2. The van der Waals surface area contributed by atoms with Crippen molar-refractivity contribution in [2.24, 2.45) is 11.8 Å². The number of esters is 1. The van der Waals surface area contributed by atoms with E-state index in [4.69, 9.17) is 4.74 Å². The molecule has 0 spiro atoms. The standard InChI is InChI=1S/C26H42O4/c1-9-11-13-18(3)25(5,6)22-17-20(23(27)28)15-16-21(22)24(29)30-26(7,8)19(4)14-12-10-2/h15-19H,9-14H2,1-8H3,(H,27,28). The lowest BCUT2D eigenvalue weighted by Gasteiger charge is -2.36. The van der Waals surface area contributed by atoms with Crippen LogP contribution in [0.15, 0.2) is 18.2 Å². The molecule has 1 aromatic carbocycles. The molecule has 0 radical (unpaired) electrons. The highest BCUT2D eigenvalue weighted by Crippen LogP contribution is 2.38. The van der Waals surface area contributed by atoms with Crippen LogP contribution in [0.25, 0.3) is 0 Å². The van der Waals surface area contributed by atoms with Crippen LogP contribution in [0.1, 0.15) is 120 Å². The second-order valence-corrected chi connectivity index (χ2v) is 9.87. The molecule has 0 aliphatic rings. The van der Waals surface area contributed by atoms with Crippen molar-refractivity contribution >= 4 is 11.9 Å². The lowest BCUT2D eigenvalue weighted by molar-refractivity contribution is -0.0284. The lowest BCUT2D eigenvalue weighted by atomic mass is 9.70. The van der Waals surface area contributed by atoms with Gasteiger partial charge in [-0.3, -0.25) is 0 Å². The normalized spacial score (nSPS) is 14.3. The first-order chi connectivity index (χ1) is 13.9. The van der Waals surface area contributed by atoms with Gasteiger partial charge in [0.1, 0.15) is 5.60 Å². The van der Waals surface area contributed by atoms with Crippen molar-refractivity contribution < 1.29 is 19.4 Å². The van der Waals surface area contributed by atoms with Crippen LogP contribution in [-0.2, 0) is 10.2 Å². The van der Waals surface area contributed by atoms with Gasteiger partial charge in [-0.05, 0) is 67.7 Å². The zero-order valence-corrected chi connectivity index (χ0v) is 20.3. The van der Waals surface area contributed by atoms with E-state index in [2.05, 4.69) is 41.5 Å². The highest BCUT2D eigenvalue weighted by atomic mass is 16.6. The molecular formula is C26H42O4. The average Bonchev–Trinajstić information content (AvgIpc) is 2.68. The van der Waals surface area contributed by atoms with Crippen LogP contribution in [0, 0.1) is 11.8 Å².